The van der Waals surface area contributed by atoms with Crippen molar-refractivity contribution in [2.45, 2.75) is 24.4 Å². The number of hydrogen-bond acceptors (Lipinski definition) is 3. The molecular formula is C19H20N2O3S. The molecule has 0 aliphatic rings. The van der Waals surface area contributed by atoms with Gasteiger partial charge in [-0.1, -0.05) is 30.3 Å². The van der Waals surface area contributed by atoms with E-state index < -0.39 is 9.84 Å². The Balaban J connectivity index is 1.68. The zero-order valence-electron chi connectivity index (χ0n) is 14.1. The number of rotatable bonds is 5. The Morgan fingerprint density at radius 3 is 2.44 bits per heavy atom. The summed E-state index contributed by atoms with van der Waals surface area (Å²) >= 11 is 0. The fourth-order valence-corrected chi connectivity index (χ4v) is 3.44. The largest absolute Gasteiger partial charge is 0.348 e. The van der Waals surface area contributed by atoms with Crippen molar-refractivity contribution in [2.75, 3.05) is 6.26 Å². The van der Waals surface area contributed by atoms with Crippen LogP contribution in [0.25, 0.3) is 10.9 Å². The predicted molar refractivity (Wildman–Crippen MR) is 98.0 cm³/mol. The smallest absolute Gasteiger partial charge is 0.240 e. The average Bonchev–Trinajstić information content (AvgIpc) is 2.97. The topological polar surface area (TPSA) is 68.2 Å². The van der Waals surface area contributed by atoms with Crippen molar-refractivity contribution >= 4 is 26.6 Å². The van der Waals surface area contributed by atoms with Gasteiger partial charge in [-0.05, 0) is 42.1 Å². The Morgan fingerprint density at radius 2 is 1.76 bits per heavy atom. The molecule has 3 aromatic rings. The van der Waals surface area contributed by atoms with E-state index in [1.807, 2.05) is 48.0 Å². The Labute approximate surface area is 147 Å². The van der Waals surface area contributed by atoms with Crippen molar-refractivity contribution in [1.29, 1.82) is 0 Å². The van der Waals surface area contributed by atoms with Gasteiger partial charge in [-0.2, -0.15) is 0 Å². The Morgan fingerprint density at radius 1 is 1.08 bits per heavy atom. The van der Waals surface area contributed by atoms with E-state index in [0.717, 1.165) is 16.5 Å². The highest BCUT2D eigenvalue weighted by molar-refractivity contribution is 7.90. The van der Waals surface area contributed by atoms with Gasteiger partial charge in [0.2, 0.25) is 5.91 Å². The molecule has 0 radical (unpaired) electrons. The van der Waals surface area contributed by atoms with Gasteiger partial charge in [-0.3, -0.25) is 4.79 Å². The maximum Gasteiger partial charge on any atom is 0.240 e. The number of carbonyl (C=O) groups is 1. The number of amides is 1. The number of para-hydroxylation sites is 1. The highest BCUT2D eigenvalue weighted by Gasteiger charge is 2.13. The molecule has 3 rings (SSSR count). The van der Waals surface area contributed by atoms with Gasteiger partial charge in [0.15, 0.2) is 9.84 Å². The predicted octanol–water partition coefficient (Wildman–Crippen LogP) is 2.92. The summed E-state index contributed by atoms with van der Waals surface area (Å²) in [6.45, 7) is 2.11. The summed E-state index contributed by atoms with van der Waals surface area (Å²) in [5.41, 5.74) is 1.88. The van der Waals surface area contributed by atoms with Crippen LogP contribution in [0.4, 0.5) is 0 Å². The molecule has 1 heterocycles. The summed E-state index contributed by atoms with van der Waals surface area (Å²) in [4.78, 5) is 12.6. The van der Waals surface area contributed by atoms with Crippen molar-refractivity contribution in [3.63, 3.8) is 0 Å². The third kappa shape index (κ3) is 3.91. The molecule has 0 bridgehead atoms. The van der Waals surface area contributed by atoms with Gasteiger partial charge in [-0.25, -0.2) is 8.42 Å². The third-order valence-electron chi connectivity index (χ3n) is 4.18. The van der Waals surface area contributed by atoms with Crippen LogP contribution in [0, 0.1) is 0 Å². The molecule has 1 N–H and O–H groups in total. The first-order chi connectivity index (χ1) is 11.8. The molecule has 2 aromatic carbocycles. The molecule has 0 unspecified atom stereocenters. The zero-order chi connectivity index (χ0) is 18.0. The summed E-state index contributed by atoms with van der Waals surface area (Å²) in [6.07, 6.45) is 3.07. The van der Waals surface area contributed by atoms with Crippen LogP contribution >= 0.6 is 0 Å². The molecule has 130 valence electrons. The third-order valence-corrected chi connectivity index (χ3v) is 5.31. The van der Waals surface area contributed by atoms with Gasteiger partial charge in [0, 0.05) is 18.0 Å². The standard InChI is InChI=1S/C19H20N2O3S/c1-14(15-7-9-17(10-8-15)25(2,23)24)20-19(22)13-21-12-11-16-5-3-4-6-18(16)21/h3-12,14H,13H2,1-2H3,(H,20,22)/t14-/m0/s1. The van der Waals surface area contributed by atoms with Gasteiger partial charge < -0.3 is 9.88 Å². The summed E-state index contributed by atoms with van der Waals surface area (Å²) in [5.74, 6) is -0.0963. The van der Waals surface area contributed by atoms with Crippen LogP contribution in [0.5, 0.6) is 0 Å². The number of nitrogens with zero attached hydrogens (tertiary/aromatic N) is 1. The highest BCUT2D eigenvalue weighted by atomic mass is 32.2. The zero-order valence-corrected chi connectivity index (χ0v) is 15.0. The van der Waals surface area contributed by atoms with E-state index in [0.29, 0.717) is 0 Å². The fourth-order valence-electron chi connectivity index (χ4n) is 2.81. The second-order valence-electron chi connectivity index (χ2n) is 6.13. The van der Waals surface area contributed by atoms with Gasteiger partial charge in [0.25, 0.3) is 0 Å². The van der Waals surface area contributed by atoms with E-state index in [-0.39, 0.29) is 23.4 Å². The molecule has 0 aliphatic heterocycles. The average molecular weight is 356 g/mol. The fraction of sp³-hybridized carbons (Fsp3) is 0.211. The van der Waals surface area contributed by atoms with Gasteiger partial charge in [-0.15, -0.1) is 0 Å². The van der Waals surface area contributed by atoms with Crippen LogP contribution in [0.15, 0.2) is 65.7 Å². The first kappa shape index (κ1) is 17.2. The van der Waals surface area contributed by atoms with Crippen molar-refractivity contribution in [3.8, 4) is 0 Å². The lowest BCUT2D eigenvalue weighted by atomic mass is 10.1. The number of hydrogen-bond donors (Lipinski definition) is 1. The van der Waals surface area contributed by atoms with E-state index >= 15 is 0 Å². The minimum Gasteiger partial charge on any atom is -0.348 e. The molecule has 6 heteroatoms. The first-order valence-electron chi connectivity index (χ1n) is 7.98. The molecule has 1 aromatic heterocycles. The van der Waals surface area contributed by atoms with Crippen LogP contribution in [-0.4, -0.2) is 25.1 Å². The Bertz CT molecular complexity index is 1000. The van der Waals surface area contributed by atoms with E-state index in [4.69, 9.17) is 0 Å². The molecule has 25 heavy (non-hydrogen) atoms. The molecule has 0 aliphatic carbocycles. The van der Waals surface area contributed by atoms with Gasteiger partial charge >= 0.3 is 0 Å². The SMILES string of the molecule is C[C@H](NC(=O)Cn1ccc2ccccc21)c1ccc(S(C)(=O)=O)cc1. The summed E-state index contributed by atoms with van der Waals surface area (Å²) < 4.78 is 24.9. The van der Waals surface area contributed by atoms with Crippen molar-refractivity contribution in [2.24, 2.45) is 0 Å². The molecular weight excluding hydrogens is 336 g/mol. The summed E-state index contributed by atoms with van der Waals surface area (Å²) in [6, 6.07) is 16.3. The number of fused-ring (bicyclic) bond motifs is 1. The van der Waals surface area contributed by atoms with Crippen molar-refractivity contribution < 1.29 is 13.2 Å². The van der Waals surface area contributed by atoms with Crippen molar-refractivity contribution in [1.82, 2.24) is 9.88 Å². The van der Waals surface area contributed by atoms with E-state index in [1.54, 1.807) is 24.3 Å². The van der Waals surface area contributed by atoms with Crippen LogP contribution in [0.1, 0.15) is 18.5 Å². The van der Waals surface area contributed by atoms with E-state index in [2.05, 4.69) is 5.32 Å². The molecule has 5 nitrogen and oxygen atoms in total. The lowest BCUT2D eigenvalue weighted by Crippen LogP contribution is -2.29. The number of carbonyl (C=O) groups excluding carboxylic acids is 1. The first-order valence-corrected chi connectivity index (χ1v) is 9.87. The highest BCUT2D eigenvalue weighted by Crippen LogP contribution is 2.17. The molecule has 0 saturated carbocycles. The minimum atomic E-state index is -3.21. The molecule has 1 atom stereocenters. The van der Waals surface area contributed by atoms with Crippen molar-refractivity contribution in [3.05, 3.63) is 66.4 Å². The van der Waals surface area contributed by atoms with Crippen LogP contribution in [0.3, 0.4) is 0 Å². The molecule has 0 saturated heterocycles. The lowest BCUT2D eigenvalue weighted by molar-refractivity contribution is -0.122. The van der Waals surface area contributed by atoms with Crippen LogP contribution in [0.2, 0.25) is 0 Å². The van der Waals surface area contributed by atoms with E-state index in [9.17, 15) is 13.2 Å². The number of aromatic nitrogens is 1. The Kier molecular flexibility index (Phi) is 4.63. The monoisotopic (exact) mass is 356 g/mol. The molecule has 0 fully saturated rings. The molecule has 1 amide bonds. The van der Waals surface area contributed by atoms with Crippen LogP contribution in [-0.2, 0) is 21.2 Å². The minimum absolute atomic E-state index is 0.0963. The summed E-state index contributed by atoms with van der Waals surface area (Å²) in [7, 11) is -3.21. The van der Waals surface area contributed by atoms with Crippen LogP contribution < -0.4 is 5.32 Å². The maximum atomic E-state index is 12.3. The second-order valence-corrected chi connectivity index (χ2v) is 8.15. The van der Waals surface area contributed by atoms with Gasteiger partial charge in [0.05, 0.1) is 10.9 Å². The summed E-state index contributed by atoms with van der Waals surface area (Å²) in [5, 5.41) is 4.05. The second kappa shape index (κ2) is 6.72. The van der Waals surface area contributed by atoms with Gasteiger partial charge in [0.1, 0.15) is 6.54 Å². The molecule has 0 spiro atoms. The normalized spacial score (nSPS) is 12.9. The quantitative estimate of drug-likeness (QED) is 0.764. The Hall–Kier alpha value is -2.60. The maximum absolute atomic E-state index is 12.3. The number of sulfone groups is 1. The lowest BCUT2D eigenvalue weighted by Gasteiger charge is -2.15. The van der Waals surface area contributed by atoms with E-state index in [1.165, 1.54) is 6.26 Å². The number of nitrogens with one attached hydrogen (secondary N) is 1. The number of benzene rings is 2.